The molecule has 24 heavy (non-hydrogen) atoms. The average Bonchev–Trinajstić information content (AvgIpc) is 3.14. The molecule has 9 heteroatoms. The molecule has 1 aliphatic carbocycles. The second kappa shape index (κ2) is 6.94. The number of thiophene rings is 1. The van der Waals surface area contributed by atoms with Crippen LogP contribution in [0.25, 0.3) is 0 Å². The first-order valence-electron chi connectivity index (χ1n) is 7.65. The van der Waals surface area contributed by atoms with E-state index in [4.69, 9.17) is 10.5 Å². The van der Waals surface area contributed by atoms with Crippen LogP contribution in [0.5, 0.6) is 0 Å². The van der Waals surface area contributed by atoms with Crippen molar-refractivity contribution < 1.29 is 19.1 Å². The number of carbonyl (C=O) groups is 3. The number of ether oxygens (including phenoxy) is 1. The van der Waals surface area contributed by atoms with Gasteiger partial charge in [-0.2, -0.15) is 4.99 Å². The van der Waals surface area contributed by atoms with Crippen LogP contribution >= 0.6 is 23.1 Å². The normalized spacial score (nSPS) is 19.1. The van der Waals surface area contributed by atoms with Gasteiger partial charge in [0.2, 0.25) is 5.91 Å². The Labute approximate surface area is 147 Å². The molecule has 2 heterocycles. The lowest BCUT2D eigenvalue weighted by Gasteiger charge is -2.09. The van der Waals surface area contributed by atoms with Gasteiger partial charge in [-0.1, -0.05) is 11.8 Å². The van der Waals surface area contributed by atoms with Gasteiger partial charge in [-0.3, -0.25) is 9.59 Å². The molecule has 1 aromatic heterocycles. The fraction of sp³-hybridized carbons (Fsp3) is 0.467. The van der Waals surface area contributed by atoms with Crippen LogP contribution in [0.4, 0.5) is 5.00 Å². The van der Waals surface area contributed by atoms with Gasteiger partial charge in [-0.15, -0.1) is 11.3 Å². The molecule has 2 amide bonds. The summed E-state index contributed by atoms with van der Waals surface area (Å²) in [6.07, 6.45) is 2.70. The smallest absolute Gasteiger partial charge is 0.341 e. The molecular formula is C15H17N3O4S2. The van der Waals surface area contributed by atoms with Gasteiger partial charge < -0.3 is 15.8 Å². The van der Waals surface area contributed by atoms with E-state index in [1.165, 1.54) is 11.3 Å². The molecule has 0 radical (unpaired) electrons. The van der Waals surface area contributed by atoms with Crippen LogP contribution in [0, 0.1) is 0 Å². The second-order valence-corrected chi connectivity index (χ2v) is 7.76. The first-order chi connectivity index (χ1) is 11.5. The maximum absolute atomic E-state index is 12.3. The Kier molecular flexibility index (Phi) is 4.91. The predicted octanol–water partition coefficient (Wildman–Crippen LogP) is 1.70. The minimum Gasteiger partial charge on any atom is -0.462 e. The number of rotatable bonds is 5. The van der Waals surface area contributed by atoms with Crippen LogP contribution in [0.1, 0.15) is 40.6 Å². The van der Waals surface area contributed by atoms with E-state index in [-0.39, 0.29) is 24.1 Å². The third-order valence-electron chi connectivity index (χ3n) is 3.78. The lowest BCUT2D eigenvalue weighted by molar-refractivity contribution is -0.121. The first kappa shape index (κ1) is 17.0. The van der Waals surface area contributed by atoms with E-state index in [0.29, 0.717) is 10.6 Å². The maximum atomic E-state index is 12.3. The monoisotopic (exact) mass is 367 g/mol. The van der Waals surface area contributed by atoms with Gasteiger partial charge >= 0.3 is 5.97 Å². The Hall–Kier alpha value is -1.87. The quantitative estimate of drug-likeness (QED) is 0.766. The lowest BCUT2D eigenvalue weighted by atomic mass is 10.1. The number of nitrogens with one attached hydrogen (secondary N) is 1. The molecule has 0 aromatic carbocycles. The Morgan fingerprint density at radius 1 is 1.42 bits per heavy atom. The third-order valence-corrected chi connectivity index (χ3v) is 5.98. The summed E-state index contributed by atoms with van der Waals surface area (Å²) in [5.74, 6) is -1.14. The molecule has 3 rings (SSSR count). The lowest BCUT2D eigenvalue weighted by Crippen LogP contribution is -2.22. The zero-order chi connectivity index (χ0) is 17.3. The van der Waals surface area contributed by atoms with Crippen LogP contribution in [0.15, 0.2) is 4.99 Å². The first-order valence-corrected chi connectivity index (χ1v) is 9.35. The number of amidine groups is 1. The summed E-state index contributed by atoms with van der Waals surface area (Å²) in [4.78, 5) is 40.8. The van der Waals surface area contributed by atoms with Gasteiger partial charge in [0.15, 0.2) is 5.17 Å². The number of aliphatic imine (C=N–C) groups is 1. The van der Waals surface area contributed by atoms with Crippen LogP contribution in [-0.2, 0) is 27.2 Å². The van der Waals surface area contributed by atoms with E-state index >= 15 is 0 Å². The molecule has 2 aliphatic rings. The van der Waals surface area contributed by atoms with Crippen molar-refractivity contribution >= 4 is 51.1 Å². The van der Waals surface area contributed by atoms with Crippen molar-refractivity contribution in [3.63, 3.8) is 0 Å². The van der Waals surface area contributed by atoms with Gasteiger partial charge in [0.1, 0.15) is 10.3 Å². The van der Waals surface area contributed by atoms with Gasteiger partial charge in [0.05, 0.1) is 12.2 Å². The number of aryl methyl sites for hydroxylation is 1. The number of carbonyl (C=O) groups excluding carboxylic acids is 3. The summed E-state index contributed by atoms with van der Waals surface area (Å²) >= 11 is 2.50. The molecule has 0 bridgehead atoms. The Morgan fingerprint density at radius 3 is 2.88 bits per heavy atom. The van der Waals surface area contributed by atoms with Gasteiger partial charge in [-0.25, -0.2) is 4.79 Å². The molecule has 7 nitrogen and oxygen atoms in total. The Balaban J connectivity index is 1.74. The van der Waals surface area contributed by atoms with E-state index in [9.17, 15) is 14.4 Å². The average molecular weight is 367 g/mol. The highest BCUT2D eigenvalue weighted by molar-refractivity contribution is 8.15. The van der Waals surface area contributed by atoms with E-state index in [1.54, 1.807) is 6.92 Å². The number of nitrogens with zero attached hydrogens (tertiary/aromatic N) is 1. The fourth-order valence-corrected chi connectivity index (χ4v) is 4.91. The Bertz CT molecular complexity index is 741. The molecule has 0 fully saturated rings. The predicted molar refractivity (Wildman–Crippen MR) is 93.6 cm³/mol. The fourth-order valence-electron chi connectivity index (χ4n) is 2.79. The highest BCUT2D eigenvalue weighted by Crippen LogP contribution is 2.39. The van der Waals surface area contributed by atoms with Crippen LogP contribution in [0.3, 0.4) is 0 Å². The summed E-state index contributed by atoms with van der Waals surface area (Å²) in [7, 11) is 0. The SMILES string of the molecule is CCOC(=O)c1c(NC(=O)CC2SC(N)=NC2=O)sc2c1CCC2. The van der Waals surface area contributed by atoms with E-state index in [0.717, 1.165) is 41.5 Å². The van der Waals surface area contributed by atoms with Crippen molar-refractivity contribution in [3.05, 3.63) is 16.0 Å². The maximum Gasteiger partial charge on any atom is 0.341 e. The summed E-state index contributed by atoms with van der Waals surface area (Å²) in [6, 6.07) is 0. The number of fused-ring (bicyclic) bond motifs is 1. The van der Waals surface area contributed by atoms with Gasteiger partial charge in [0.25, 0.3) is 5.91 Å². The number of anilines is 1. The van der Waals surface area contributed by atoms with Crippen LogP contribution < -0.4 is 11.1 Å². The highest BCUT2D eigenvalue weighted by Gasteiger charge is 2.31. The number of thioether (sulfide) groups is 1. The van der Waals surface area contributed by atoms with Crippen LogP contribution in [-0.4, -0.2) is 34.8 Å². The summed E-state index contributed by atoms with van der Waals surface area (Å²) < 4.78 is 5.12. The number of esters is 1. The zero-order valence-corrected chi connectivity index (χ0v) is 14.7. The molecular weight excluding hydrogens is 350 g/mol. The summed E-state index contributed by atoms with van der Waals surface area (Å²) in [5.41, 5.74) is 6.93. The second-order valence-electron chi connectivity index (χ2n) is 5.43. The molecule has 1 aliphatic heterocycles. The molecule has 3 N–H and O–H groups in total. The van der Waals surface area contributed by atoms with Crippen molar-refractivity contribution in [3.8, 4) is 0 Å². The van der Waals surface area contributed by atoms with Crippen molar-refractivity contribution in [2.75, 3.05) is 11.9 Å². The van der Waals surface area contributed by atoms with Crippen molar-refractivity contribution in [1.82, 2.24) is 0 Å². The topological polar surface area (TPSA) is 111 Å². The molecule has 1 unspecified atom stereocenters. The summed E-state index contributed by atoms with van der Waals surface area (Å²) in [5, 5.41) is 2.86. The molecule has 0 saturated carbocycles. The van der Waals surface area contributed by atoms with Gasteiger partial charge in [0, 0.05) is 11.3 Å². The van der Waals surface area contributed by atoms with E-state index in [2.05, 4.69) is 10.3 Å². The molecule has 0 saturated heterocycles. The third kappa shape index (κ3) is 3.32. The minimum atomic E-state index is -0.595. The standard InChI is InChI=1S/C15H17N3O4S2/c1-2-22-14(21)11-7-4-3-5-8(7)23-13(11)17-10(19)6-9-12(20)18-15(16)24-9/h9H,2-6H2,1H3,(H,17,19)(H2,16,18,20). The number of hydrogen-bond donors (Lipinski definition) is 2. The van der Waals surface area contributed by atoms with Crippen molar-refractivity contribution in [2.24, 2.45) is 10.7 Å². The molecule has 1 atom stereocenters. The molecule has 128 valence electrons. The number of amides is 2. The molecule has 0 spiro atoms. The minimum absolute atomic E-state index is 0.0292. The largest absolute Gasteiger partial charge is 0.462 e. The highest BCUT2D eigenvalue weighted by atomic mass is 32.2. The van der Waals surface area contributed by atoms with Crippen molar-refractivity contribution in [2.45, 2.75) is 37.9 Å². The number of nitrogens with two attached hydrogens (primary N) is 1. The molecule has 1 aromatic rings. The zero-order valence-electron chi connectivity index (χ0n) is 13.1. The number of hydrogen-bond acceptors (Lipinski definition) is 7. The Morgan fingerprint density at radius 2 is 2.21 bits per heavy atom. The van der Waals surface area contributed by atoms with Gasteiger partial charge in [-0.05, 0) is 31.7 Å². The summed E-state index contributed by atoms with van der Waals surface area (Å²) in [6.45, 7) is 2.02. The van der Waals surface area contributed by atoms with E-state index in [1.807, 2.05) is 0 Å². The van der Waals surface area contributed by atoms with Crippen molar-refractivity contribution in [1.29, 1.82) is 0 Å². The van der Waals surface area contributed by atoms with Crippen LogP contribution in [0.2, 0.25) is 0 Å². The van der Waals surface area contributed by atoms with E-state index < -0.39 is 17.1 Å².